The summed E-state index contributed by atoms with van der Waals surface area (Å²) < 4.78 is 0.837. The Morgan fingerprint density at radius 1 is 1.53 bits per heavy atom. The van der Waals surface area contributed by atoms with Crippen LogP contribution in [-0.2, 0) is 6.54 Å². The Bertz CT molecular complexity index is 368. The molecule has 0 fully saturated rings. The minimum Gasteiger partial charge on any atom is -0.258 e. The van der Waals surface area contributed by atoms with Gasteiger partial charge in [-0.05, 0) is 12.1 Å². The zero-order chi connectivity index (χ0) is 11.4. The summed E-state index contributed by atoms with van der Waals surface area (Å²) in [5, 5.41) is 12.5. The highest BCUT2D eigenvalue weighted by Crippen LogP contribution is 2.22. The fourth-order valence-corrected chi connectivity index (χ4v) is 1.53. The third-order valence-electron chi connectivity index (χ3n) is 1.82. The minimum absolute atomic E-state index is 0.132. The predicted molar refractivity (Wildman–Crippen MR) is 61.3 cm³/mol. The number of halogens is 1. The molecule has 0 radical (unpaired) electrons. The van der Waals surface area contributed by atoms with Gasteiger partial charge in [0.25, 0.3) is 5.69 Å². The predicted octanol–water partition coefficient (Wildman–Crippen LogP) is 1.92. The van der Waals surface area contributed by atoms with Gasteiger partial charge >= 0.3 is 0 Å². The van der Waals surface area contributed by atoms with Crippen LogP contribution in [0.3, 0.4) is 0 Å². The molecule has 1 aromatic rings. The van der Waals surface area contributed by atoms with Gasteiger partial charge in [0, 0.05) is 36.7 Å². The number of nitro groups is 1. The van der Waals surface area contributed by atoms with Crippen LogP contribution in [0.2, 0.25) is 0 Å². The van der Waals surface area contributed by atoms with Gasteiger partial charge in [-0.15, -0.1) is 0 Å². The van der Waals surface area contributed by atoms with Crippen molar-refractivity contribution in [2.45, 2.75) is 6.54 Å². The number of nitro benzene ring substituents is 1. The standard InChI is InChI=1S/C9H12BrN3O2/c1-12(2)11-6-7-5-8(10)3-4-9(7)13(14)15/h3-5,11H,6H2,1-2H3. The van der Waals surface area contributed by atoms with Crippen LogP contribution < -0.4 is 5.43 Å². The molecule has 0 aliphatic carbocycles. The number of nitrogens with zero attached hydrogens (tertiary/aromatic N) is 2. The van der Waals surface area contributed by atoms with Crippen molar-refractivity contribution in [1.29, 1.82) is 0 Å². The first-order valence-electron chi connectivity index (χ1n) is 4.34. The van der Waals surface area contributed by atoms with Gasteiger partial charge in [-0.2, -0.15) is 0 Å². The zero-order valence-electron chi connectivity index (χ0n) is 8.53. The van der Waals surface area contributed by atoms with E-state index in [1.54, 1.807) is 17.1 Å². The number of nitrogens with one attached hydrogen (secondary N) is 1. The number of hydrogen-bond acceptors (Lipinski definition) is 4. The molecule has 0 amide bonds. The Morgan fingerprint density at radius 3 is 2.73 bits per heavy atom. The molecule has 0 heterocycles. The van der Waals surface area contributed by atoms with Crippen LogP contribution in [0.1, 0.15) is 5.56 Å². The molecule has 0 saturated carbocycles. The van der Waals surface area contributed by atoms with Crippen LogP contribution in [0, 0.1) is 10.1 Å². The fraction of sp³-hybridized carbons (Fsp3) is 0.333. The van der Waals surface area contributed by atoms with Crippen LogP contribution in [0.4, 0.5) is 5.69 Å². The normalized spacial score (nSPS) is 10.7. The summed E-state index contributed by atoms with van der Waals surface area (Å²) in [4.78, 5) is 10.4. The van der Waals surface area contributed by atoms with Crippen molar-refractivity contribution < 1.29 is 4.92 Å². The van der Waals surface area contributed by atoms with E-state index in [1.165, 1.54) is 6.07 Å². The molecule has 5 nitrogen and oxygen atoms in total. The lowest BCUT2D eigenvalue weighted by molar-refractivity contribution is -0.385. The van der Waals surface area contributed by atoms with E-state index < -0.39 is 0 Å². The van der Waals surface area contributed by atoms with Gasteiger partial charge in [0.1, 0.15) is 0 Å². The first-order chi connectivity index (χ1) is 7.00. The quantitative estimate of drug-likeness (QED) is 0.673. The molecule has 1 N–H and O–H groups in total. The Hall–Kier alpha value is -0.980. The van der Waals surface area contributed by atoms with Crippen molar-refractivity contribution in [1.82, 2.24) is 10.4 Å². The molecule has 0 aromatic heterocycles. The smallest absolute Gasteiger partial charge is 0.258 e. The first kappa shape index (κ1) is 12.1. The summed E-state index contributed by atoms with van der Waals surface area (Å²) >= 11 is 3.29. The highest BCUT2D eigenvalue weighted by Gasteiger charge is 2.13. The van der Waals surface area contributed by atoms with Gasteiger partial charge in [-0.3, -0.25) is 20.5 Å². The van der Waals surface area contributed by atoms with E-state index in [2.05, 4.69) is 21.4 Å². The number of hydrazine groups is 1. The Morgan fingerprint density at radius 2 is 2.20 bits per heavy atom. The summed E-state index contributed by atoms with van der Waals surface area (Å²) in [6, 6.07) is 4.91. The zero-order valence-corrected chi connectivity index (χ0v) is 10.1. The summed E-state index contributed by atoms with van der Waals surface area (Å²) in [6.45, 7) is 0.433. The van der Waals surface area contributed by atoms with Crippen molar-refractivity contribution in [2.75, 3.05) is 14.1 Å². The molecule has 0 unspecified atom stereocenters. The maximum atomic E-state index is 10.7. The lowest BCUT2D eigenvalue weighted by Crippen LogP contribution is -2.29. The molecule has 82 valence electrons. The van der Waals surface area contributed by atoms with Gasteiger partial charge in [0.15, 0.2) is 0 Å². The average molecular weight is 274 g/mol. The summed E-state index contributed by atoms with van der Waals surface area (Å²) in [7, 11) is 3.67. The summed E-state index contributed by atoms with van der Waals surface area (Å²) in [5.41, 5.74) is 3.78. The maximum absolute atomic E-state index is 10.7. The molecule has 1 aromatic carbocycles. The largest absolute Gasteiger partial charge is 0.274 e. The van der Waals surface area contributed by atoms with Gasteiger partial charge in [0.05, 0.1) is 4.92 Å². The van der Waals surface area contributed by atoms with Crippen molar-refractivity contribution in [3.63, 3.8) is 0 Å². The van der Waals surface area contributed by atoms with Crippen molar-refractivity contribution in [2.24, 2.45) is 0 Å². The third-order valence-corrected chi connectivity index (χ3v) is 2.32. The number of benzene rings is 1. The van der Waals surface area contributed by atoms with E-state index in [-0.39, 0.29) is 10.6 Å². The van der Waals surface area contributed by atoms with Crippen LogP contribution in [0.15, 0.2) is 22.7 Å². The van der Waals surface area contributed by atoms with Crippen molar-refractivity contribution >= 4 is 21.6 Å². The molecule has 0 saturated heterocycles. The molecule has 0 spiro atoms. The topological polar surface area (TPSA) is 58.4 Å². The summed E-state index contributed by atoms with van der Waals surface area (Å²) in [6.07, 6.45) is 0. The van der Waals surface area contributed by atoms with E-state index >= 15 is 0 Å². The van der Waals surface area contributed by atoms with Crippen LogP contribution in [-0.4, -0.2) is 24.0 Å². The van der Waals surface area contributed by atoms with E-state index in [1.807, 2.05) is 14.1 Å². The minimum atomic E-state index is -0.376. The molecule has 6 heteroatoms. The Labute approximate surface area is 96.3 Å². The van der Waals surface area contributed by atoms with E-state index in [4.69, 9.17) is 0 Å². The second-order valence-electron chi connectivity index (χ2n) is 3.26. The molecule has 15 heavy (non-hydrogen) atoms. The van der Waals surface area contributed by atoms with Crippen molar-refractivity contribution in [3.05, 3.63) is 38.3 Å². The monoisotopic (exact) mass is 273 g/mol. The van der Waals surface area contributed by atoms with E-state index in [0.29, 0.717) is 12.1 Å². The van der Waals surface area contributed by atoms with Crippen molar-refractivity contribution in [3.8, 4) is 0 Å². The lowest BCUT2D eigenvalue weighted by Gasteiger charge is -2.11. The highest BCUT2D eigenvalue weighted by atomic mass is 79.9. The molecule has 0 atom stereocenters. The lowest BCUT2D eigenvalue weighted by atomic mass is 10.2. The Kier molecular flexibility index (Phi) is 4.19. The van der Waals surface area contributed by atoms with Crippen LogP contribution in [0.25, 0.3) is 0 Å². The van der Waals surface area contributed by atoms with E-state index in [9.17, 15) is 10.1 Å². The summed E-state index contributed by atoms with van der Waals surface area (Å²) in [5.74, 6) is 0. The Balaban J connectivity index is 2.92. The molecule has 0 aliphatic rings. The van der Waals surface area contributed by atoms with Gasteiger partial charge < -0.3 is 0 Å². The SMILES string of the molecule is CN(C)NCc1cc(Br)ccc1[N+](=O)[O-]. The van der Waals surface area contributed by atoms with Crippen LogP contribution >= 0.6 is 15.9 Å². The molecule has 0 aliphatic heterocycles. The van der Waals surface area contributed by atoms with E-state index in [0.717, 1.165) is 4.47 Å². The van der Waals surface area contributed by atoms with Crippen LogP contribution in [0.5, 0.6) is 0 Å². The number of rotatable bonds is 4. The number of hydrogen-bond donors (Lipinski definition) is 1. The van der Waals surface area contributed by atoms with Gasteiger partial charge in [-0.25, -0.2) is 0 Å². The second-order valence-corrected chi connectivity index (χ2v) is 4.18. The molecule has 1 rings (SSSR count). The maximum Gasteiger partial charge on any atom is 0.274 e. The molecular formula is C9H12BrN3O2. The molecular weight excluding hydrogens is 262 g/mol. The average Bonchev–Trinajstić information content (AvgIpc) is 2.14. The van der Waals surface area contributed by atoms with Gasteiger partial charge in [0.2, 0.25) is 0 Å². The molecule has 0 bridgehead atoms. The highest BCUT2D eigenvalue weighted by molar-refractivity contribution is 9.10. The second kappa shape index (κ2) is 5.20. The van der Waals surface area contributed by atoms with Gasteiger partial charge in [-0.1, -0.05) is 15.9 Å². The third kappa shape index (κ3) is 3.58. The first-order valence-corrected chi connectivity index (χ1v) is 5.13. The fourth-order valence-electron chi connectivity index (χ4n) is 1.12.